The van der Waals surface area contributed by atoms with Crippen molar-refractivity contribution in [3.8, 4) is 0 Å². The van der Waals surface area contributed by atoms with Gasteiger partial charge in [-0.25, -0.2) is 8.42 Å². The Morgan fingerprint density at radius 1 is 1.24 bits per heavy atom. The summed E-state index contributed by atoms with van der Waals surface area (Å²) < 4.78 is 24.1. The number of rotatable bonds is 5. The maximum atomic E-state index is 12.0. The van der Waals surface area contributed by atoms with Crippen LogP contribution in [0.4, 0.5) is 0 Å². The van der Waals surface area contributed by atoms with Crippen molar-refractivity contribution in [2.75, 3.05) is 0 Å². The lowest BCUT2D eigenvalue weighted by Gasteiger charge is -2.05. The summed E-state index contributed by atoms with van der Waals surface area (Å²) in [5.41, 5.74) is 2.31. The van der Waals surface area contributed by atoms with E-state index >= 15 is 0 Å². The molecule has 0 aliphatic rings. The van der Waals surface area contributed by atoms with E-state index in [0.717, 1.165) is 0 Å². The third-order valence-corrected chi connectivity index (χ3v) is 4.03. The minimum Gasteiger partial charge on any atom is -0.481 e. The van der Waals surface area contributed by atoms with Gasteiger partial charge in [0.25, 0.3) is 0 Å². The van der Waals surface area contributed by atoms with Crippen LogP contribution in [-0.2, 0) is 14.6 Å². The van der Waals surface area contributed by atoms with Gasteiger partial charge in [0, 0.05) is 6.42 Å². The summed E-state index contributed by atoms with van der Waals surface area (Å²) in [6.07, 6.45) is -0.361. The minimum atomic E-state index is -3.67. The number of benzene rings is 1. The molecule has 0 saturated carbocycles. The third-order valence-electron chi connectivity index (χ3n) is 2.14. The SMILES string of the molecule is C=C=C(CCC(=O)O)S(=O)(=O)c1ccccc1. The van der Waals surface area contributed by atoms with Crippen molar-refractivity contribution in [3.05, 3.63) is 47.5 Å². The zero-order valence-corrected chi connectivity index (χ0v) is 9.90. The van der Waals surface area contributed by atoms with Crippen LogP contribution in [0.25, 0.3) is 0 Å². The molecule has 5 heteroatoms. The number of allylic oxidation sites excluding steroid dienone is 1. The van der Waals surface area contributed by atoms with Crippen LogP contribution < -0.4 is 0 Å². The Hall–Kier alpha value is -1.84. The Morgan fingerprint density at radius 3 is 2.29 bits per heavy atom. The van der Waals surface area contributed by atoms with E-state index in [4.69, 9.17) is 5.11 Å². The summed E-state index contributed by atoms with van der Waals surface area (Å²) in [7, 11) is -3.67. The zero-order valence-electron chi connectivity index (χ0n) is 9.09. The van der Waals surface area contributed by atoms with Crippen molar-refractivity contribution in [2.24, 2.45) is 0 Å². The largest absolute Gasteiger partial charge is 0.481 e. The zero-order chi connectivity index (χ0) is 12.9. The first-order chi connectivity index (χ1) is 7.98. The van der Waals surface area contributed by atoms with Gasteiger partial charge in [0.15, 0.2) is 0 Å². The maximum Gasteiger partial charge on any atom is 0.303 e. The molecule has 17 heavy (non-hydrogen) atoms. The van der Waals surface area contributed by atoms with Crippen molar-refractivity contribution in [1.29, 1.82) is 0 Å². The Kier molecular flexibility index (Phi) is 4.26. The molecule has 0 heterocycles. The topological polar surface area (TPSA) is 71.4 Å². The second-order valence-corrected chi connectivity index (χ2v) is 5.28. The molecule has 0 fully saturated rings. The summed E-state index contributed by atoms with van der Waals surface area (Å²) in [5.74, 6) is -1.05. The van der Waals surface area contributed by atoms with E-state index in [1.54, 1.807) is 18.2 Å². The Balaban J connectivity index is 3.05. The highest BCUT2D eigenvalue weighted by Gasteiger charge is 2.20. The summed E-state index contributed by atoms with van der Waals surface area (Å²) in [6, 6.07) is 7.81. The van der Waals surface area contributed by atoms with E-state index in [2.05, 4.69) is 12.3 Å². The van der Waals surface area contributed by atoms with Gasteiger partial charge in [0.2, 0.25) is 9.84 Å². The van der Waals surface area contributed by atoms with Crippen molar-refractivity contribution in [3.63, 3.8) is 0 Å². The van der Waals surface area contributed by atoms with Crippen molar-refractivity contribution in [1.82, 2.24) is 0 Å². The highest BCUT2D eigenvalue weighted by Crippen LogP contribution is 2.21. The molecule has 0 aromatic heterocycles. The second kappa shape index (κ2) is 5.48. The molecule has 0 spiro atoms. The Morgan fingerprint density at radius 2 is 1.82 bits per heavy atom. The fourth-order valence-electron chi connectivity index (χ4n) is 1.28. The van der Waals surface area contributed by atoms with Gasteiger partial charge in [-0.05, 0) is 12.1 Å². The van der Waals surface area contributed by atoms with Gasteiger partial charge < -0.3 is 5.11 Å². The normalized spacial score (nSPS) is 10.6. The molecule has 0 saturated heterocycles. The Bertz CT molecular complexity index is 551. The standard InChI is InChI=1S/C12H12O4S/c1-2-10(8-9-12(13)14)17(15,16)11-6-4-3-5-7-11/h3-7H,1,8-9H2,(H,13,14). The van der Waals surface area contributed by atoms with Crippen LogP contribution >= 0.6 is 0 Å². The quantitative estimate of drug-likeness (QED) is 0.813. The van der Waals surface area contributed by atoms with Gasteiger partial charge in [-0.15, -0.1) is 5.73 Å². The van der Waals surface area contributed by atoms with Crippen LogP contribution in [0.2, 0.25) is 0 Å². The minimum absolute atomic E-state index is 0.0916. The van der Waals surface area contributed by atoms with E-state index in [-0.39, 0.29) is 22.6 Å². The van der Waals surface area contributed by atoms with Crippen molar-refractivity contribution in [2.45, 2.75) is 17.7 Å². The predicted octanol–water partition coefficient (Wildman–Crippen LogP) is 1.99. The lowest BCUT2D eigenvalue weighted by Crippen LogP contribution is -2.06. The number of carboxylic acid groups (broad SMARTS) is 1. The number of sulfone groups is 1. The van der Waals surface area contributed by atoms with Gasteiger partial charge in [0.05, 0.1) is 16.2 Å². The lowest BCUT2D eigenvalue weighted by molar-refractivity contribution is -0.136. The smallest absolute Gasteiger partial charge is 0.303 e. The molecule has 0 atom stereocenters. The average Bonchev–Trinajstić information content (AvgIpc) is 2.30. The van der Waals surface area contributed by atoms with Crippen LogP contribution in [0.1, 0.15) is 12.8 Å². The van der Waals surface area contributed by atoms with Crippen LogP contribution in [0.3, 0.4) is 0 Å². The molecule has 1 rings (SSSR count). The molecule has 0 unspecified atom stereocenters. The van der Waals surface area contributed by atoms with Gasteiger partial charge in [0.1, 0.15) is 0 Å². The molecular weight excluding hydrogens is 240 g/mol. The molecule has 1 aromatic carbocycles. The lowest BCUT2D eigenvalue weighted by atomic mass is 10.3. The second-order valence-electron chi connectivity index (χ2n) is 3.31. The number of hydrogen-bond acceptors (Lipinski definition) is 3. The predicted molar refractivity (Wildman–Crippen MR) is 63.2 cm³/mol. The first-order valence-corrected chi connectivity index (χ1v) is 6.37. The van der Waals surface area contributed by atoms with Crippen LogP contribution in [-0.4, -0.2) is 19.5 Å². The van der Waals surface area contributed by atoms with Crippen LogP contribution in [0.15, 0.2) is 52.4 Å². The molecule has 90 valence electrons. The molecule has 0 radical (unpaired) electrons. The fourth-order valence-corrected chi connectivity index (χ4v) is 2.64. The van der Waals surface area contributed by atoms with Gasteiger partial charge in [-0.2, -0.15) is 0 Å². The molecule has 0 bridgehead atoms. The number of aliphatic carboxylic acids is 1. The first-order valence-electron chi connectivity index (χ1n) is 4.89. The number of carboxylic acids is 1. The molecule has 0 amide bonds. The van der Waals surface area contributed by atoms with Gasteiger partial charge in [-0.3, -0.25) is 4.79 Å². The summed E-state index contributed by atoms with van der Waals surface area (Å²) in [4.78, 5) is 10.5. The van der Waals surface area contributed by atoms with Crippen LogP contribution in [0.5, 0.6) is 0 Å². The molecule has 1 aromatic rings. The van der Waals surface area contributed by atoms with E-state index in [0.29, 0.717) is 0 Å². The highest BCUT2D eigenvalue weighted by molar-refractivity contribution is 7.95. The molecule has 4 nitrogen and oxygen atoms in total. The highest BCUT2D eigenvalue weighted by atomic mass is 32.2. The summed E-state index contributed by atoms with van der Waals surface area (Å²) >= 11 is 0. The fraction of sp³-hybridized carbons (Fsp3) is 0.167. The molecule has 0 aliphatic carbocycles. The van der Waals surface area contributed by atoms with E-state index < -0.39 is 15.8 Å². The number of carbonyl (C=O) groups is 1. The average molecular weight is 252 g/mol. The maximum absolute atomic E-state index is 12.0. The third kappa shape index (κ3) is 3.31. The van der Waals surface area contributed by atoms with Crippen molar-refractivity contribution >= 4 is 15.8 Å². The Labute approximate surface area is 99.8 Å². The summed E-state index contributed by atoms with van der Waals surface area (Å²) in [5, 5.41) is 8.54. The van der Waals surface area contributed by atoms with Gasteiger partial charge >= 0.3 is 5.97 Å². The van der Waals surface area contributed by atoms with E-state index in [9.17, 15) is 13.2 Å². The van der Waals surface area contributed by atoms with Crippen molar-refractivity contribution < 1.29 is 18.3 Å². The molecule has 1 N–H and O–H groups in total. The monoisotopic (exact) mass is 252 g/mol. The first kappa shape index (κ1) is 13.2. The summed E-state index contributed by atoms with van der Waals surface area (Å²) in [6.45, 7) is 3.30. The van der Waals surface area contributed by atoms with Crippen LogP contribution in [0, 0.1) is 0 Å². The number of hydrogen-bond donors (Lipinski definition) is 1. The van der Waals surface area contributed by atoms with E-state index in [1.807, 2.05) is 0 Å². The molecular formula is C12H12O4S. The van der Waals surface area contributed by atoms with Gasteiger partial charge in [-0.1, -0.05) is 24.8 Å². The molecule has 0 aliphatic heterocycles. The van der Waals surface area contributed by atoms with E-state index in [1.165, 1.54) is 12.1 Å².